The lowest BCUT2D eigenvalue weighted by atomic mass is 9.78. The highest BCUT2D eigenvalue weighted by Crippen LogP contribution is 2.44. The summed E-state index contributed by atoms with van der Waals surface area (Å²) in [6.07, 6.45) is 2.75. The summed E-state index contributed by atoms with van der Waals surface area (Å²) in [5.74, 6) is 0.829. The molecule has 3 aromatic carbocycles. The second-order valence-corrected chi connectivity index (χ2v) is 10.6. The maximum absolute atomic E-state index is 13.0. The molecule has 10 heteroatoms. The number of fused-ring (bicyclic) bond motifs is 1. The molecule has 0 bridgehead atoms. The number of hydrogen-bond acceptors (Lipinski definition) is 7. The molecule has 1 heterocycles. The van der Waals surface area contributed by atoms with Gasteiger partial charge in [-0.3, -0.25) is 10.1 Å². The maximum Gasteiger partial charge on any atom is 0.412 e. The smallest absolute Gasteiger partial charge is 0.412 e. The summed E-state index contributed by atoms with van der Waals surface area (Å²) in [6.45, 7) is 3.99. The Morgan fingerprint density at radius 2 is 1.87 bits per heavy atom. The van der Waals surface area contributed by atoms with Crippen LogP contribution in [0.3, 0.4) is 0 Å². The van der Waals surface area contributed by atoms with Crippen molar-refractivity contribution >= 4 is 45.0 Å². The Labute approximate surface area is 235 Å². The summed E-state index contributed by atoms with van der Waals surface area (Å²) in [5, 5.41) is 16.1. The highest BCUT2D eigenvalue weighted by molar-refractivity contribution is 9.10. The molecule has 1 aliphatic rings. The lowest BCUT2D eigenvalue weighted by molar-refractivity contribution is -0.111. The second kappa shape index (κ2) is 12.1. The van der Waals surface area contributed by atoms with Crippen molar-refractivity contribution < 1.29 is 28.9 Å². The van der Waals surface area contributed by atoms with Crippen molar-refractivity contribution in [2.45, 2.75) is 32.8 Å². The first kappa shape index (κ1) is 27.8. The summed E-state index contributed by atoms with van der Waals surface area (Å²) in [5.41, 5.74) is 7.21. The molecular formula is C29H30BrN3O6. The van der Waals surface area contributed by atoms with Gasteiger partial charge in [-0.05, 0) is 61.4 Å². The predicted octanol–water partition coefficient (Wildman–Crippen LogP) is 6.76. The Balaban J connectivity index is 1.45. The van der Waals surface area contributed by atoms with Crippen molar-refractivity contribution in [2.24, 2.45) is 5.41 Å². The third-order valence-electron chi connectivity index (χ3n) is 6.27. The molecule has 0 aromatic heterocycles. The molecule has 0 saturated carbocycles. The van der Waals surface area contributed by atoms with Crippen LogP contribution in [-0.2, 0) is 9.53 Å². The van der Waals surface area contributed by atoms with E-state index < -0.39 is 17.6 Å². The van der Waals surface area contributed by atoms with Gasteiger partial charge in [0.05, 0.1) is 11.4 Å². The van der Waals surface area contributed by atoms with Crippen LogP contribution in [0.25, 0.3) is 0 Å². The summed E-state index contributed by atoms with van der Waals surface area (Å²) < 4.78 is 17.3. The second-order valence-electron chi connectivity index (χ2n) is 9.69. The number of carbonyl (C=O) groups excluding carboxylic acids is 2. The molecule has 0 unspecified atom stereocenters. The van der Waals surface area contributed by atoms with E-state index in [-0.39, 0.29) is 18.4 Å². The largest absolute Gasteiger partial charge is 0.508 e. The Kier molecular flexibility index (Phi) is 8.65. The van der Waals surface area contributed by atoms with Crippen LogP contribution in [0.2, 0.25) is 0 Å². The van der Waals surface area contributed by atoms with E-state index in [1.54, 1.807) is 66.7 Å². The van der Waals surface area contributed by atoms with Crippen LogP contribution < -0.4 is 25.8 Å². The number of halogens is 1. The van der Waals surface area contributed by atoms with E-state index in [4.69, 9.17) is 19.9 Å². The Morgan fingerprint density at radius 3 is 2.67 bits per heavy atom. The summed E-state index contributed by atoms with van der Waals surface area (Å²) in [7, 11) is 0. The quantitative estimate of drug-likeness (QED) is 0.159. The first-order chi connectivity index (χ1) is 18.6. The van der Waals surface area contributed by atoms with Gasteiger partial charge >= 0.3 is 6.09 Å². The van der Waals surface area contributed by atoms with Gasteiger partial charge < -0.3 is 30.4 Å². The monoisotopic (exact) mass is 595 g/mol. The minimum atomic E-state index is -0.810. The SMILES string of the molecule is CC(C)(CC/C=C/C(=O)Nc1ccccc1N)[C@@H](OC(=O)Nc1ccc2c(c1)OCO2)c1cc(Br)ccc1O. The van der Waals surface area contributed by atoms with Crippen molar-refractivity contribution in [3.63, 3.8) is 0 Å². The lowest BCUT2D eigenvalue weighted by Crippen LogP contribution is -2.29. The fourth-order valence-corrected chi connectivity index (χ4v) is 4.55. The highest BCUT2D eigenvalue weighted by Gasteiger charge is 2.36. The third-order valence-corrected chi connectivity index (χ3v) is 6.76. The van der Waals surface area contributed by atoms with Crippen molar-refractivity contribution in [1.29, 1.82) is 0 Å². The van der Waals surface area contributed by atoms with Gasteiger partial charge in [0.1, 0.15) is 11.9 Å². The van der Waals surface area contributed by atoms with Crippen LogP contribution >= 0.6 is 15.9 Å². The molecule has 3 aromatic rings. The fourth-order valence-electron chi connectivity index (χ4n) is 4.17. The molecule has 2 amide bonds. The molecule has 0 radical (unpaired) electrons. The molecule has 1 atom stereocenters. The number of nitrogens with two attached hydrogens (primary N) is 1. The van der Waals surface area contributed by atoms with Crippen LogP contribution in [0.4, 0.5) is 21.9 Å². The topological polar surface area (TPSA) is 132 Å². The maximum atomic E-state index is 13.0. The van der Waals surface area contributed by atoms with Gasteiger partial charge in [0, 0.05) is 27.2 Å². The van der Waals surface area contributed by atoms with E-state index in [1.807, 2.05) is 13.8 Å². The summed E-state index contributed by atoms with van der Waals surface area (Å²) in [4.78, 5) is 25.3. The zero-order chi connectivity index (χ0) is 28.0. The van der Waals surface area contributed by atoms with Crippen molar-refractivity contribution in [3.8, 4) is 17.2 Å². The standard InChI is InChI=1S/C29H30BrN3O6/c1-29(2,14-6-5-9-26(35)33-22-8-4-3-7-21(22)31)27(20-15-18(30)10-12-23(20)34)39-28(36)32-19-11-13-24-25(16-19)38-17-37-24/h3-5,7-13,15-16,27,34H,6,14,17,31H2,1-2H3,(H,32,36)(H,33,35)/b9-5+/t27-/m0/s1. The number of ether oxygens (including phenoxy) is 3. The van der Waals surface area contributed by atoms with E-state index in [1.165, 1.54) is 6.08 Å². The average molecular weight is 596 g/mol. The lowest BCUT2D eigenvalue weighted by Gasteiger charge is -2.34. The molecule has 0 saturated heterocycles. The minimum Gasteiger partial charge on any atom is -0.508 e. The van der Waals surface area contributed by atoms with Gasteiger partial charge in [-0.25, -0.2) is 4.79 Å². The van der Waals surface area contributed by atoms with Crippen LogP contribution in [0.15, 0.2) is 77.3 Å². The Hall–Kier alpha value is -4.18. The first-order valence-electron chi connectivity index (χ1n) is 12.3. The molecule has 0 aliphatic carbocycles. The molecule has 4 rings (SSSR count). The molecular weight excluding hydrogens is 566 g/mol. The van der Waals surface area contributed by atoms with E-state index in [0.717, 1.165) is 4.47 Å². The van der Waals surface area contributed by atoms with E-state index in [0.29, 0.717) is 47.0 Å². The van der Waals surface area contributed by atoms with Gasteiger partial charge in [-0.15, -0.1) is 0 Å². The summed E-state index contributed by atoms with van der Waals surface area (Å²) in [6, 6.07) is 17.0. The number of allylic oxidation sites excluding steroid dienone is 1. The van der Waals surface area contributed by atoms with Gasteiger partial charge in [-0.2, -0.15) is 0 Å². The van der Waals surface area contributed by atoms with Crippen molar-refractivity contribution in [2.75, 3.05) is 23.2 Å². The van der Waals surface area contributed by atoms with Crippen LogP contribution in [-0.4, -0.2) is 23.9 Å². The Bertz CT molecular complexity index is 1390. The molecule has 204 valence electrons. The average Bonchev–Trinajstić information content (AvgIpc) is 3.36. The van der Waals surface area contributed by atoms with E-state index >= 15 is 0 Å². The number of rotatable bonds is 9. The zero-order valence-corrected chi connectivity index (χ0v) is 23.2. The number of carbonyl (C=O) groups is 2. The molecule has 5 N–H and O–H groups in total. The number of benzene rings is 3. The first-order valence-corrected chi connectivity index (χ1v) is 13.1. The molecule has 9 nitrogen and oxygen atoms in total. The van der Waals surface area contributed by atoms with Gasteiger partial charge in [0.15, 0.2) is 11.5 Å². The van der Waals surface area contributed by atoms with Crippen LogP contribution in [0.1, 0.15) is 38.4 Å². The van der Waals surface area contributed by atoms with Crippen LogP contribution in [0.5, 0.6) is 17.2 Å². The molecule has 0 spiro atoms. The Morgan fingerprint density at radius 1 is 1.10 bits per heavy atom. The number of amides is 2. The number of aromatic hydroxyl groups is 1. The number of nitrogen functional groups attached to an aromatic ring is 1. The predicted molar refractivity (Wildman–Crippen MR) is 153 cm³/mol. The highest BCUT2D eigenvalue weighted by atomic mass is 79.9. The van der Waals surface area contributed by atoms with E-state index in [2.05, 4.69) is 26.6 Å². The normalized spacial score (nSPS) is 13.2. The van der Waals surface area contributed by atoms with Gasteiger partial charge in [0.2, 0.25) is 12.7 Å². The molecule has 0 fully saturated rings. The number of nitrogens with one attached hydrogen (secondary N) is 2. The van der Waals surface area contributed by atoms with Crippen LogP contribution in [0, 0.1) is 5.41 Å². The van der Waals surface area contributed by atoms with Gasteiger partial charge in [-0.1, -0.05) is 48.0 Å². The van der Waals surface area contributed by atoms with Crippen molar-refractivity contribution in [3.05, 3.63) is 82.9 Å². The number of phenolic OH excluding ortho intramolecular Hbond substituents is 1. The molecule has 1 aliphatic heterocycles. The zero-order valence-electron chi connectivity index (χ0n) is 21.6. The number of para-hydroxylation sites is 2. The van der Waals surface area contributed by atoms with E-state index in [9.17, 15) is 14.7 Å². The number of anilines is 3. The third kappa shape index (κ3) is 7.23. The fraction of sp³-hybridized carbons (Fsp3) is 0.241. The minimum absolute atomic E-state index is 0.00234. The number of hydrogen-bond donors (Lipinski definition) is 4. The molecule has 39 heavy (non-hydrogen) atoms. The van der Waals surface area contributed by atoms with Gasteiger partial charge in [0.25, 0.3) is 0 Å². The number of phenols is 1. The van der Waals surface area contributed by atoms with Crippen molar-refractivity contribution in [1.82, 2.24) is 0 Å². The summed E-state index contributed by atoms with van der Waals surface area (Å²) >= 11 is 3.43.